The second-order valence-corrected chi connectivity index (χ2v) is 12.3. The number of likely N-dealkylation sites (N-methyl/N-ethyl adjacent to an activating group) is 1. The molecular formula is C34H34F3N5O2S. The third-order valence-electron chi connectivity index (χ3n) is 8.23. The lowest BCUT2D eigenvalue weighted by Crippen LogP contribution is -2.44. The highest BCUT2D eigenvalue weighted by Crippen LogP contribution is 2.44. The number of primary amides is 1. The van der Waals surface area contributed by atoms with Crippen LogP contribution in [0, 0.1) is 0 Å². The van der Waals surface area contributed by atoms with E-state index in [4.69, 9.17) is 10.5 Å². The van der Waals surface area contributed by atoms with Crippen LogP contribution in [-0.4, -0.2) is 49.0 Å². The summed E-state index contributed by atoms with van der Waals surface area (Å²) in [5, 5.41) is 0.670. The van der Waals surface area contributed by atoms with Crippen molar-refractivity contribution in [2.24, 2.45) is 5.73 Å². The van der Waals surface area contributed by atoms with E-state index < -0.39 is 23.8 Å². The number of thiophene rings is 1. The number of carbonyl (C=O) groups is 1. The van der Waals surface area contributed by atoms with E-state index in [9.17, 15) is 18.0 Å². The largest absolute Gasteiger partial charge is 0.484 e. The van der Waals surface area contributed by atoms with Gasteiger partial charge >= 0.3 is 6.18 Å². The van der Waals surface area contributed by atoms with E-state index in [0.717, 1.165) is 84.6 Å². The molecule has 2 aromatic heterocycles. The number of hydrogen-bond donors (Lipinski definition) is 1. The highest BCUT2D eigenvalue weighted by atomic mass is 32.1. The number of nitrogens with zero attached hydrogens (tertiary/aromatic N) is 4. The average molecular weight is 634 g/mol. The number of rotatable bonds is 7. The van der Waals surface area contributed by atoms with Crippen molar-refractivity contribution in [3.8, 4) is 16.9 Å². The first-order valence-corrected chi connectivity index (χ1v) is 15.7. The molecule has 0 saturated carbocycles. The Labute approximate surface area is 264 Å². The monoisotopic (exact) mass is 633 g/mol. The Morgan fingerprint density at radius 3 is 2.53 bits per heavy atom. The minimum atomic E-state index is -4.54. The van der Waals surface area contributed by atoms with Crippen LogP contribution in [0.2, 0.25) is 0 Å². The number of carbonyl (C=O) groups excluding carboxylic acids is 1. The molecule has 11 heteroatoms. The van der Waals surface area contributed by atoms with Crippen LogP contribution >= 0.6 is 11.3 Å². The summed E-state index contributed by atoms with van der Waals surface area (Å²) < 4.78 is 47.1. The smallest absolute Gasteiger partial charge is 0.416 e. The maximum atomic E-state index is 13.7. The van der Waals surface area contributed by atoms with Crippen molar-refractivity contribution >= 4 is 33.8 Å². The van der Waals surface area contributed by atoms with Gasteiger partial charge < -0.3 is 25.2 Å². The van der Waals surface area contributed by atoms with Crippen molar-refractivity contribution in [3.05, 3.63) is 101 Å². The summed E-state index contributed by atoms with van der Waals surface area (Å²) in [5.41, 5.74) is 9.15. The molecule has 4 heterocycles. The number of pyridine rings is 1. The Morgan fingerprint density at radius 2 is 1.78 bits per heavy atom. The predicted molar refractivity (Wildman–Crippen MR) is 172 cm³/mol. The van der Waals surface area contributed by atoms with Gasteiger partial charge in [-0.1, -0.05) is 30.3 Å². The topological polar surface area (TPSA) is 74.9 Å². The van der Waals surface area contributed by atoms with Crippen molar-refractivity contribution in [2.45, 2.75) is 32.0 Å². The summed E-state index contributed by atoms with van der Waals surface area (Å²) in [6, 6.07) is 17.4. The molecule has 0 bridgehead atoms. The molecule has 0 spiro atoms. The van der Waals surface area contributed by atoms with E-state index in [2.05, 4.69) is 52.2 Å². The molecule has 2 aromatic carbocycles. The van der Waals surface area contributed by atoms with Crippen molar-refractivity contribution in [3.63, 3.8) is 0 Å². The highest BCUT2D eigenvalue weighted by molar-refractivity contribution is 7.18. The Bertz CT molecular complexity index is 1730. The fourth-order valence-electron chi connectivity index (χ4n) is 5.80. The highest BCUT2D eigenvalue weighted by Gasteiger charge is 2.35. The van der Waals surface area contributed by atoms with Gasteiger partial charge in [0.2, 0.25) is 0 Å². The SMILES string of the molecule is CC(Oc1cc(N2C=CCCc3cc(-c4ccnc(N5CCN(C)CC5)c4)ccc32)sc1C(N)=O)c1ccccc1C(F)(F)F. The van der Waals surface area contributed by atoms with Gasteiger partial charge in [0.05, 0.1) is 5.56 Å². The van der Waals surface area contributed by atoms with Crippen LogP contribution in [0.3, 0.4) is 0 Å². The van der Waals surface area contributed by atoms with Crippen LogP contribution in [0.25, 0.3) is 11.1 Å². The lowest BCUT2D eigenvalue weighted by atomic mass is 10.00. The van der Waals surface area contributed by atoms with E-state index in [1.54, 1.807) is 6.07 Å². The first-order valence-electron chi connectivity index (χ1n) is 14.8. The fourth-order valence-corrected chi connectivity index (χ4v) is 6.74. The molecule has 4 aromatic rings. The Hall–Kier alpha value is -4.35. The average Bonchev–Trinajstić information content (AvgIpc) is 3.33. The molecular weight excluding hydrogens is 599 g/mol. The van der Waals surface area contributed by atoms with Crippen molar-refractivity contribution in [1.29, 1.82) is 0 Å². The number of benzene rings is 2. The number of anilines is 3. The van der Waals surface area contributed by atoms with Crippen LogP contribution in [0.1, 0.15) is 45.8 Å². The first-order chi connectivity index (χ1) is 21.6. The van der Waals surface area contributed by atoms with Crippen LogP contribution < -0.4 is 20.3 Å². The lowest BCUT2D eigenvalue weighted by Gasteiger charge is -2.33. The number of aryl methyl sites for hydroxylation is 1. The van der Waals surface area contributed by atoms with E-state index in [-0.39, 0.29) is 16.2 Å². The number of piperazine rings is 1. The molecule has 7 nitrogen and oxygen atoms in total. The molecule has 2 aliphatic heterocycles. The molecule has 45 heavy (non-hydrogen) atoms. The summed E-state index contributed by atoms with van der Waals surface area (Å²) >= 11 is 1.15. The molecule has 1 fully saturated rings. The zero-order valence-electron chi connectivity index (χ0n) is 25.1. The molecule has 234 valence electrons. The van der Waals surface area contributed by atoms with E-state index in [0.29, 0.717) is 5.00 Å². The fraction of sp³-hybridized carbons (Fsp3) is 0.294. The lowest BCUT2D eigenvalue weighted by molar-refractivity contribution is -0.139. The third-order valence-corrected chi connectivity index (χ3v) is 9.36. The minimum Gasteiger partial charge on any atom is -0.484 e. The molecule has 1 amide bonds. The van der Waals surface area contributed by atoms with Gasteiger partial charge in [0.1, 0.15) is 27.5 Å². The zero-order valence-corrected chi connectivity index (χ0v) is 25.9. The predicted octanol–water partition coefficient (Wildman–Crippen LogP) is 7.42. The standard InChI is InChI=1S/C34H34F3N5O2S/c1-22(26-8-3-4-9-27(26)34(35,36)37)44-29-21-31(45-32(29)33(38)43)42-14-6-5-7-25-19-23(10-11-28(25)42)24-12-13-39-30(20-24)41-17-15-40(2)16-18-41/h3-4,6,8-14,19-22H,5,7,15-18H2,1-2H3,(H2,38,43). The number of allylic oxidation sites excluding steroid dienone is 1. The summed E-state index contributed by atoms with van der Waals surface area (Å²) in [6.07, 6.45) is 1.98. The number of aromatic nitrogens is 1. The quantitative estimate of drug-likeness (QED) is 0.228. The van der Waals surface area contributed by atoms with Crippen molar-refractivity contribution < 1.29 is 22.7 Å². The van der Waals surface area contributed by atoms with Crippen LogP contribution in [-0.2, 0) is 12.6 Å². The van der Waals surface area contributed by atoms with Gasteiger partial charge in [0.25, 0.3) is 5.91 Å². The molecule has 1 saturated heterocycles. The zero-order chi connectivity index (χ0) is 31.7. The number of alkyl halides is 3. The molecule has 6 rings (SSSR count). The summed E-state index contributed by atoms with van der Waals surface area (Å²) in [4.78, 5) is 23.8. The third kappa shape index (κ3) is 6.55. The van der Waals surface area contributed by atoms with Gasteiger partial charge in [-0.05, 0) is 73.8 Å². The van der Waals surface area contributed by atoms with Gasteiger partial charge in [-0.15, -0.1) is 11.3 Å². The maximum Gasteiger partial charge on any atom is 0.416 e. The van der Waals surface area contributed by atoms with Crippen LogP contribution in [0.5, 0.6) is 5.75 Å². The van der Waals surface area contributed by atoms with Gasteiger partial charge in [0.15, 0.2) is 0 Å². The van der Waals surface area contributed by atoms with E-state index >= 15 is 0 Å². The second-order valence-electron chi connectivity index (χ2n) is 11.3. The number of ether oxygens (including phenoxy) is 1. The number of halogens is 3. The number of nitrogens with two attached hydrogens (primary N) is 1. The number of amides is 1. The molecule has 1 atom stereocenters. The minimum absolute atomic E-state index is 0.0207. The Kier molecular flexibility index (Phi) is 8.56. The van der Waals surface area contributed by atoms with E-state index in [1.807, 2.05) is 23.4 Å². The Balaban J connectivity index is 1.29. The molecule has 0 radical (unpaired) electrons. The molecule has 0 aliphatic carbocycles. The molecule has 2 N–H and O–H groups in total. The Morgan fingerprint density at radius 1 is 1.02 bits per heavy atom. The summed E-state index contributed by atoms with van der Waals surface area (Å²) in [7, 11) is 2.13. The molecule has 1 unspecified atom stereocenters. The first kappa shape index (κ1) is 30.7. The van der Waals surface area contributed by atoms with Gasteiger partial charge in [-0.25, -0.2) is 4.98 Å². The maximum absolute atomic E-state index is 13.7. The van der Waals surface area contributed by atoms with Gasteiger partial charge in [-0.2, -0.15) is 13.2 Å². The van der Waals surface area contributed by atoms with E-state index in [1.165, 1.54) is 25.1 Å². The van der Waals surface area contributed by atoms with Crippen LogP contribution in [0.4, 0.5) is 29.7 Å². The summed E-state index contributed by atoms with van der Waals surface area (Å²) in [5.74, 6) is 0.410. The van der Waals surface area contributed by atoms with Gasteiger partial charge in [0, 0.05) is 55.9 Å². The van der Waals surface area contributed by atoms with Crippen molar-refractivity contribution in [1.82, 2.24) is 9.88 Å². The van der Waals surface area contributed by atoms with Crippen LogP contribution in [0.15, 0.2) is 79.1 Å². The normalized spacial score (nSPS) is 16.3. The van der Waals surface area contributed by atoms with Gasteiger partial charge in [-0.3, -0.25) is 4.79 Å². The van der Waals surface area contributed by atoms with Crippen molar-refractivity contribution in [2.75, 3.05) is 43.0 Å². The number of hydrogen-bond acceptors (Lipinski definition) is 7. The number of fused-ring (bicyclic) bond motifs is 1. The summed E-state index contributed by atoms with van der Waals surface area (Å²) in [6.45, 7) is 5.40. The second kappa shape index (κ2) is 12.6. The molecule has 2 aliphatic rings.